The van der Waals surface area contributed by atoms with E-state index in [2.05, 4.69) is 49.1 Å². The maximum atomic E-state index is 3.54. The number of aromatic nitrogens is 1. The highest BCUT2D eigenvalue weighted by Crippen LogP contribution is 2.18. The smallest absolute Gasteiger partial charge is 0.0335 e. The number of rotatable bonds is 7. The normalized spacial score (nSPS) is 13.0. The number of nitrogens with one attached hydrogen (secondary N) is 1. The maximum Gasteiger partial charge on any atom is 0.0335 e. The van der Waals surface area contributed by atoms with Crippen LogP contribution in [0.1, 0.15) is 51.6 Å². The molecular weight excluding hydrogens is 184 g/mol. The molecule has 86 valence electrons. The fraction of sp³-hybridized carbons (Fsp3) is 0.692. The van der Waals surface area contributed by atoms with E-state index in [0.717, 1.165) is 13.1 Å². The number of aryl methyl sites for hydroxylation is 1. The highest BCUT2D eigenvalue weighted by Gasteiger charge is 2.09. The number of nitrogens with zero attached hydrogens (tertiary/aromatic N) is 1. The van der Waals surface area contributed by atoms with Gasteiger partial charge in [0.15, 0.2) is 0 Å². The second-order valence-corrected chi connectivity index (χ2v) is 4.08. The lowest BCUT2D eigenvalue weighted by molar-refractivity contribution is 0.508. The molecule has 1 heterocycles. The van der Waals surface area contributed by atoms with E-state index in [1.54, 1.807) is 0 Å². The molecule has 2 nitrogen and oxygen atoms in total. The summed E-state index contributed by atoms with van der Waals surface area (Å²) in [7, 11) is 0. The van der Waals surface area contributed by atoms with E-state index >= 15 is 0 Å². The Morgan fingerprint density at radius 3 is 2.67 bits per heavy atom. The van der Waals surface area contributed by atoms with Crippen LogP contribution in [-0.4, -0.2) is 11.1 Å². The highest BCUT2D eigenvalue weighted by molar-refractivity contribution is 5.15. The van der Waals surface area contributed by atoms with Crippen LogP contribution in [0.3, 0.4) is 0 Å². The Balaban J connectivity index is 2.63. The fourth-order valence-corrected chi connectivity index (χ4v) is 1.98. The standard InChI is InChI=1S/C13H24N2/c1-4-7-13(14-6-3)12-8-10-15(11-12)9-5-2/h8,10-11,13-14H,4-7,9H2,1-3H3. The average molecular weight is 208 g/mol. The zero-order chi connectivity index (χ0) is 11.1. The molecule has 1 atom stereocenters. The molecule has 0 aliphatic heterocycles. The first-order valence-corrected chi connectivity index (χ1v) is 6.20. The van der Waals surface area contributed by atoms with Gasteiger partial charge in [-0.3, -0.25) is 0 Å². The van der Waals surface area contributed by atoms with E-state index in [0.29, 0.717) is 6.04 Å². The van der Waals surface area contributed by atoms with Crippen LogP contribution in [0, 0.1) is 0 Å². The van der Waals surface area contributed by atoms with Gasteiger partial charge in [-0.25, -0.2) is 0 Å². The molecule has 0 aromatic carbocycles. The molecule has 0 radical (unpaired) electrons. The first-order chi connectivity index (χ1) is 7.31. The van der Waals surface area contributed by atoms with Gasteiger partial charge in [0.2, 0.25) is 0 Å². The molecule has 15 heavy (non-hydrogen) atoms. The van der Waals surface area contributed by atoms with Crippen LogP contribution in [0.25, 0.3) is 0 Å². The molecule has 1 N–H and O–H groups in total. The Hall–Kier alpha value is -0.760. The van der Waals surface area contributed by atoms with Gasteiger partial charge in [0.05, 0.1) is 0 Å². The molecule has 0 amide bonds. The number of hydrogen-bond acceptors (Lipinski definition) is 1. The van der Waals surface area contributed by atoms with Crippen molar-refractivity contribution in [1.29, 1.82) is 0 Å². The summed E-state index contributed by atoms with van der Waals surface area (Å²) in [6, 6.07) is 2.79. The average Bonchev–Trinajstić information content (AvgIpc) is 2.67. The largest absolute Gasteiger partial charge is 0.354 e. The molecule has 0 bridgehead atoms. The van der Waals surface area contributed by atoms with Gasteiger partial charge in [-0.15, -0.1) is 0 Å². The summed E-state index contributed by atoms with van der Waals surface area (Å²) in [4.78, 5) is 0. The third-order valence-electron chi connectivity index (χ3n) is 2.69. The van der Waals surface area contributed by atoms with Crippen molar-refractivity contribution in [3.05, 3.63) is 24.0 Å². The van der Waals surface area contributed by atoms with Crippen LogP contribution >= 0.6 is 0 Å². The summed E-state index contributed by atoms with van der Waals surface area (Å²) < 4.78 is 2.29. The van der Waals surface area contributed by atoms with Gasteiger partial charge in [-0.05, 0) is 31.0 Å². The lowest BCUT2D eigenvalue weighted by atomic mass is 10.1. The zero-order valence-corrected chi connectivity index (χ0v) is 10.3. The Morgan fingerprint density at radius 1 is 1.27 bits per heavy atom. The number of hydrogen-bond donors (Lipinski definition) is 1. The minimum Gasteiger partial charge on any atom is -0.354 e. The maximum absolute atomic E-state index is 3.54. The summed E-state index contributed by atoms with van der Waals surface area (Å²) in [5.41, 5.74) is 1.44. The summed E-state index contributed by atoms with van der Waals surface area (Å²) in [5.74, 6) is 0. The van der Waals surface area contributed by atoms with E-state index in [9.17, 15) is 0 Å². The van der Waals surface area contributed by atoms with E-state index in [-0.39, 0.29) is 0 Å². The molecule has 0 saturated heterocycles. The predicted octanol–water partition coefficient (Wildman–Crippen LogP) is 3.35. The van der Waals surface area contributed by atoms with Gasteiger partial charge in [0.1, 0.15) is 0 Å². The summed E-state index contributed by atoms with van der Waals surface area (Å²) in [6.45, 7) is 8.81. The second-order valence-electron chi connectivity index (χ2n) is 4.08. The molecule has 1 aromatic heterocycles. The van der Waals surface area contributed by atoms with Crippen LogP contribution in [-0.2, 0) is 6.54 Å². The van der Waals surface area contributed by atoms with Crippen LogP contribution in [0.15, 0.2) is 18.5 Å². The van der Waals surface area contributed by atoms with Crippen molar-refractivity contribution < 1.29 is 0 Å². The molecule has 0 saturated carbocycles. The lowest BCUT2D eigenvalue weighted by Gasteiger charge is -2.15. The summed E-state index contributed by atoms with van der Waals surface area (Å²) in [6.07, 6.45) is 8.14. The van der Waals surface area contributed by atoms with Gasteiger partial charge in [-0.2, -0.15) is 0 Å². The van der Waals surface area contributed by atoms with Crippen molar-refractivity contribution in [2.45, 2.75) is 52.6 Å². The topological polar surface area (TPSA) is 17.0 Å². The Morgan fingerprint density at radius 2 is 2.07 bits per heavy atom. The van der Waals surface area contributed by atoms with Crippen LogP contribution < -0.4 is 5.32 Å². The van der Waals surface area contributed by atoms with Crippen molar-refractivity contribution in [1.82, 2.24) is 9.88 Å². The molecule has 1 rings (SSSR count). The van der Waals surface area contributed by atoms with Crippen molar-refractivity contribution in [3.8, 4) is 0 Å². The second kappa shape index (κ2) is 6.67. The van der Waals surface area contributed by atoms with Gasteiger partial charge in [0.25, 0.3) is 0 Å². The first kappa shape index (κ1) is 12.3. The van der Waals surface area contributed by atoms with E-state index in [4.69, 9.17) is 0 Å². The van der Waals surface area contributed by atoms with Gasteiger partial charge < -0.3 is 9.88 Å². The third kappa shape index (κ3) is 3.71. The Bertz CT molecular complexity index is 259. The third-order valence-corrected chi connectivity index (χ3v) is 2.69. The van der Waals surface area contributed by atoms with Crippen molar-refractivity contribution in [3.63, 3.8) is 0 Å². The molecule has 0 fully saturated rings. The van der Waals surface area contributed by atoms with Crippen LogP contribution in [0.2, 0.25) is 0 Å². The predicted molar refractivity (Wildman–Crippen MR) is 66.0 cm³/mol. The lowest BCUT2D eigenvalue weighted by Crippen LogP contribution is -2.20. The van der Waals surface area contributed by atoms with Crippen molar-refractivity contribution >= 4 is 0 Å². The molecular formula is C13H24N2. The van der Waals surface area contributed by atoms with Gasteiger partial charge in [0, 0.05) is 25.0 Å². The zero-order valence-electron chi connectivity index (χ0n) is 10.3. The highest BCUT2D eigenvalue weighted by atomic mass is 15.0. The first-order valence-electron chi connectivity index (χ1n) is 6.20. The van der Waals surface area contributed by atoms with Crippen molar-refractivity contribution in [2.24, 2.45) is 0 Å². The molecule has 0 aliphatic rings. The quantitative estimate of drug-likeness (QED) is 0.727. The van der Waals surface area contributed by atoms with E-state index in [1.807, 2.05) is 0 Å². The monoisotopic (exact) mass is 208 g/mol. The molecule has 2 heteroatoms. The molecule has 1 aromatic rings. The molecule has 1 unspecified atom stereocenters. The molecule has 0 aliphatic carbocycles. The van der Waals surface area contributed by atoms with E-state index in [1.165, 1.54) is 24.8 Å². The van der Waals surface area contributed by atoms with Crippen LogP contribution in [0.5, 0.6) is 0 Å². The Kier molecular flexibility index (Phi) is 5.48. The SMILES string of the molecule is CCCC(NCC)c1ccn(CCC)c1. The van der Waals surface area contributed by atoms with E-state index < -0.39 is 0 Å². The summed E-state index contributed by atoms with van der Waals surface area (Å²) in [5, 5.41) is 3.54. The minimum absolute atomic E-state index is 0.540. The summed E-state index contributed by atoms with van der Waals surface area (Å²) >= 11 is 0. The van der Waals surface area contributed by atoms with Crippen LogP contribution in [0.4, 0.5) is 0 Å². The minimum atomic E-state index is 0.540. The Labute approximate surface area is 93.7 Å². The van der Waals surface area contributed by atoms with Crippen molar-refractivity contribution in [2.75, 3.05) is 6.54 Å². The molecule has 0 spiro atoms. The fourth-order valence-electron chi connectivity index (χ4n) is 1.98. The van der Waals surface area contributed by atoms with Gasteiger partial charge in [-0.1, -0.05) is 27.2 Å². The van der Waals surface area contributed by atoms with Gasteiger partial charge >= 0.3 is 0 Å².